The van der Waals surface area contributed by atoms with Gasteiger partial charge in [0.15, 0.2) is 10.9 Å². The summed E-state index contributed by atoms with van der Waals surface area (Å²) in [4.78, 5) is 44.9. The molecule has 2 N–H and O–H groups in total. The van der Waals surface area contributed by atoms with Gasteiger partial charge < -0.3 is 15.1 Å². The van der Waals surface area contributed by atoms with Crippen LogP contribution in [0.25, 0.3) is 0 Å². The second kappa shape index (κ2) is 10.5. The Kier molecular flexibility index (Phi) is 7.22. The lowest BCUT2D eigenvalue weighted by molar-refractivity contribution is -0.130. The average Bonchev–Trinajstić information content (AvgIpc) is 3.27. The Balaban J connectivity index is 1.25. The summed E-state index contributed by atoms with van der Waals surface area (Å²) in [7, 11) is 0. The zero-order valence-corrected chi connectivity index (χ0v) is 20.0. The molecule has 0 aliphatic carbocycles. The molecule has 1 aliphatic rings. The van der Waals surface area contributed by atoms with Crippen molar-refractivity contribution in [3.05, 3.63) is 70.7 Å². The van der Waals surface area contributed by atoms with E-state index in [1.165, 1.54) is 11.3 Å². The van der Waals surface area contributed by atoms with Crippen LogP contribution in [0.1, 0.15) is 28.5 Å². The minimum atomic E-state index is -0.372. The van der Waals surface area contributed by atoms with Crippen LogP contribution in [0.2, 0.25) is 0 Å². The van der Waals surface area contributed by atoms with Gasteiger partial charge in [0.2, 0.25) is 5.91 Å². The maximum absolute atomic E-state index is 12.8. The third-order valence-corrected chi connectivity index (χ3v) is 6.49. The van der Waals surface area contributed by atoms with Crippen LogP contribution >= 0.6 is 11.3 Å². The standard InChI is InChI=1S/C25H27N5O3S/c1-17-3-7-20(8-4-17)26-24(33)28-25-27-21(16-34-25)15-23(32)30-13-11-29(12-14-30)22-9-5-19(6-10-22)18(2)31/h3-10,16H,11-15H2,1-2H3,(H2,26,27,28,33). The summed E-state index contributed by atoms with van der Waals surface area (Å²) in [5.41, 5.74) is 4.20. The van der Waals surface area contributed by atoms with E-state index in [4.69, 9.17) is 0 Å². The fraction of sp³-hybridized carbons (Fsp3) is 0.280. The Bertz CT molecular complexity index is 1170. The number of thiazole rings is 1. The van der Waals surface area contributed by atoms with Crippen molar-refractivity contribution >= 4 is 45.6 Å². The number of nitrogens with zero attached hydrogens (tertiary/aromatic N) is 3. The number of amides is 3. The van der Waals surface area contributed by atoms with Gasteiger partial charge >= 0.3 is 6.03 Å². The number of carbonyl (C=O) groups is 3. The quantitative estimate of drug-likeness (QED) is 0.519. The van der Waals surface area contributed by atoms with Crippen LogP contribution < -0.4 is 15.5 Å². The minimum Gasteiger partial charge on any atom is -0.368 e. The van der Waals surface area contributed by atoms with Gasteiger partial charge in [-0.25, -0.2) is 9.78 Å². The van der Waals surface area contributed by atoms with Crippen molar-refractivity contribution in [3.8, 4) is 0 Å². The van der Waals surface area contributed by atoms with Gasteiger partial charge in [-0.3, -0.25) is 14.9 Å². The summed E-state index contributed by atoms with van der Waals surface area (Å²) in [6.45, 7) is 6.25. The second-order valence-corrected chi connectivity index (χ2v) is 9.09. The number of hydrogen-bond acceptors (Lipinski definition) is 6. The lowest BCUT2D eigenvalue weighted by Gasteiger charge is -2.36. The maximum Gasteiger partial charge on any atom is 0.325 e. The average molecular weight is 478 g/mol. The summed E-state index contributed by atoms with van der Waals surface area (Å²) >= 11 is 1.29. The summed E-state index contributed by atoms with van der Waals surface area (Å²) in [6, 6.07) is 14.7. The molecule has 3 amide bonds. The fourth-order valence-corrected chi connectivity index (χ4v) is 4.43. The Labute approximate surface area is 202 Å². The molecule has 34 heavy (non-hydrogen) atoms. The van der Waals surface area contributed by atoms with E-state index in [0.717, 1.165) is 24.3 Å². The lowest BCUT2D eigenvalue weighted by atomic mass is 10.1. The third kappa shape index (κ3) is 5.99. The van der Waals surface area contributed by atoms with Gasteiger partial charge in [-0.05, 0) is 50.2 Å². The first-order valence-electron chi connectivity index (χ1n) is 11.1. The van der Waals surface area contributed by atoms with Crippen LogP contribution in [0.3, 0.4) is 0 Å². The highest BCUT2D eigenvalue weighted by Crippen LogP contribution is 2.20. The molecular formula is C25H27N5O3S. The van der Waals surface area contributed by atoms with E-state index in [1.54, 1.807) is 12.3 Å². The van der Waals surface area contributed by atoms with Crippen molar-refractivity contribution in [2.24, 2.45) is 0 Å². The van der Waals surface area contributed by atoms with E-state index in [0.29, 0.717) is 35.2 Å². The van der Waals surface area contributed by atoms with Crippen LogP contribution in [0.5, 0.6) is 0 Å². The molecule has 0 atom stereocenters. The first kappa shape index (κ1) is 23.4. The number of anilines is 3. The molecule has 3 aromatic rings. The van der Waals surface area contributed by atoms with Crippen LogP contribution in [0, 0.1) is 6.92 Å². The predicted molar refractivity (Wildman–Crippen MR) is 135 cm³/mol. The molecule has 9 heteroatoms. The van der Waals surface area contributed by atoms with E-state index in [9.17, 15) is 14.4 Å². The van der Waals surface area contributed by atoms with Crippen LogP contribution in [-0.2, 0) is 11.2 Å². The highest BCUT2D eigenvalue weighted by atomic mass is 32.1. The molecule has 0 saturated carbocycles. The molecule has 2 aromatic carbocycles. The molecule has 1 fully saturated rings. The first-order valence-corrected chi connectivity index (χ1v) is 12.0. The number of Topliss-reactive ketones (excluding diaryl/α,β-unsaturated/α-hetero) is 1. The van der Waals surface area contributed by atoms with E-state index >= 15 is 0 Å². The number of piperazine rings is 1. The van der Waals surface area contributed by atoms with Gasteiger partial charge in [0.05, 0.1) is 12.1 Å². The third-order valence-electron chi connectivity index (χ3n) is 5.69. The van der Waals surface area contributed by atoms with Crippen molar-refractivity contribution in [3.63, 3.8) is 0 Å². The van der Waals surface area contributed by atoms with Crippen LogP contribution in [0.15, 0.2) is 53.9 Å². The Morgan fingerprint density at radius 2 is 1.62 bits per heavy atom. The number of rotatable bonds is 6. The van der Waals surface area contributed by atoms with Crippen LogP contribution in [0.4, 0.5) is 21.3 Å². The second-order valence-electron chi connectivity index (χ2n) is 8.24. The van der Waals surface area contributed by atoms with Crippen molar-refractivity contribution < 1.29 is 14.4 Å². The summed E-state index contributed by atoms with van der Waals surface area (Å²) in [5.74, 6) is 0.0711. The van der Waals surface area contributed by atoms with E-state index in [1.807, 2.05) is 60.4 Å². The molecule has 0 radical (unpaired) electrons. The van der Waals surface area contributed by atoms with Crippen LogP contribution in [-0.4, -0.2) is 53.8 Å². The highest BCUT2D eigenvalue weighted by molar-refractivity contribution is 7.14. The number of carbonyl (C=O) groups excluding carboxylic acids is 3. The van der Waals surface area contributed by atoms with Crippen molar-refractivity contribution in [1.82, 2.24) is 9.88 Å². The number of urea groups is 1. The molecule has 0 bridgehead atoms. The van der Waals surface area contributed by atoms with Gasteiger partial charge in [-0.2, -0.15) is 0 Å². The SMILES string of the molecule is CC(=O)c1ccc(N2CCN(C(=O)Cc3csc(NC(=O)Nc4ccc(C)cc4)n3)CC2)cc1. The number of benzene rings is 2. The zero-order valence-electron chi connectivity index (χ0n) is 19.2. The fourth-order valence-electron chi connectivity index (χ4n) is 3.73. The van der Waals surface area contributed by atoms with Gasteiger partial charge in [-0.15, -0.1) is 11.3 Å². The van der Waals surface area contributed by atoms with Crippen molar-refractivity contribution in [2.45, 2.75) is 20.3 Å². The molecular weight excluding hydrogens is 450 g/mol. The van der Waals surface area contributed by atoms with E-state index < -0.39 is 0 Å². The molecule has 1 saturated heterocycles. The van der Waals surface area contributed by atoms with Gasteiger partial charge in [0.1, 0.15) is 0 Å². The molecule has 1 aromatic heterocycles. The number of hydrogen-bond donors (Lipinski definition) is 2. The topological polar surface area (TPSA) is 94.6 Å². The molecule has 8 nitrogen and oxygen atoms in total. The first-order chi connectivity index (χ1) is 16.4. The number of ketones is 1. The normalized spacial score (nSPS) is 13.5. The minimum absolute atomic E-state index is 0.0209. The summed E-state index contributed by atoms with van der Waals surface area (Å²) in [5, 5.41) is 7.73. The van der Waals surface area contributed by atoms with Gasteiger partial charge in [0.25, 0.3) is 0 Å². The summed E-state index contributed by atoms with van der Waals surface area (Å²) < 4.78 is 0. The van der Waals surface area contributed by atoms with E-state index in [2.05, 4.69) is 20.5 Å². The van der Waals surface area contributed by atoms with Crippen molar-refractivity contribution in [2.75, 3.05) is 41.7 Å². The van der Waals surface area contributed by atoms with E-state index in [-0.39, 0.29) is 24.1 Å². The molecule has 1 aliphatic heterocycles. The molecule has 0 unspecified atom stereocenters. The number of aromatic nitrogens is 1. The Morgan fingerprint density at radius 3 is 2.26 bits per heavy atom. The van der Waals surface area contributed by atoms with Gasteiger partial charge in [0, 0.05) is 48.5 Å². The van der Waals surface area contributed by atoms with Gasteiger partial charge in [-0.1, -0.05) is 17.7 Å². The monoisotopic (exact) mass is 477 g/mol. The molecule has 2 heterocycles. The lowest BCUT2D eigenvalue weighted by Crippen LogP contribution is -2.49. The zero-order chi connectivity index (χ0) is 24.1. The summed E-state index contributed by atoms with van der Waals surface area (Å²) in [6.07, 6.45) is 0.199. The Hall–Kier alpha value is -3.72. The number of nitrogens with one attached hydrogen (secondary N) is 2. The Morgan fingerprint density at radius 1 is 0.941 bits per heavy atom. The van der Waals surface area contributed by atoms with Crippen molar-refractivity contribution in [1.29, 1.82) is 0 Å². The predicted octanol–water partition coefficient (Wildman–Crippen LogP) is 4.19. The number of aryl methyl sites for hydroxylation is 1. The molecule has 176 valence electrons. The smallest absolute Gasteiger partial charge is 0.325 e. The maximum atomic E-state index is 12.8. The largest absolute Gasteiger partial charge is 0.368 e. The highest BCUT2D eigenvalue weighted by Gasteiger charge is 2.22. The molecule has 4 rings (SSSR count). The molecule has 0 spiro atoms.